The topological polar surface area (TPSA) is 50.4 Å². The van der Waals surface area contributed by atoms with Crippen LogP contribution >= 0.6 is 11.6 Å². The molecule has 0 heterocycles. The number of halogens is 1. The van der Waals surface area contributed by atoms with Crippen molar-refractivity contribution in [2.75, 3.05) is 20.2 Å². The molecule has 2 aromatic rings. The average molecular weight is 307 g/mol. The maximum atomic E-state index is 11.7. The molecule has 2 N–H and O–H groups in total. The third-order valence-electron chi connectivity index (χ3n) is 3.29. The van der Waals surface area contributed by atoms with Crippen LogP contribution in [0.5, 0.6) is 5.75 Å². The van der Waals surface area contributed by atoms with Crippen LogP contribution in [0.25, 0.3) is 10.8 Å². The Bertz CT molecular complexity index is 631. The first-order valence-corrected chi connectivity index (χ1v) is 7.23. The summed E-state index contributed by atoms with van der Waals surface area (Å²) in [6, 6.07) is 11.5. The number of ether oxygens (including phenoxy) is 1. The molecule has 2 aromatic carbocycles. The van der Waals surface area contributed by atoms with E-state index in [2.05, 4.69) is 10.6 Å². The zero-order valence-corrected chi connectivity index (χ0v) is 12.9. The van der Waals surface area contributed by atoms with Gasteiger partial charge in [0.2, 0.25) is 0 Å². The highest BCUT2D eigenvalue weighted by Crippen LogP contribution is 2.31. The largest absolute Gasteiger partial charge is 0.483 e. The van der Waals surface area contributed by atoms with E-state index in [0.29, 0.717) is 17.3 Å². The van der Waals surface area contributed by atoms with E-state index in [1.165, 1.54) is 0 Å². The van der Waals surface area contributed by atoms with Crippen molar-refractivity contribution in [2.45, 2.75) is 13.0 Å². The lowest BCUT2D eigenvalue weighted by Crippen LogP contribution is -2.39. The molecule has 1 unspecified atom stereocenters. The van der Waals surface area contributed by atoms with Crippen LogP contribution in [0.2, 0.25) is 5.02 Å². The number of nitrogens with one attached hydrogen (secondary N) is 2. The van der Waals surface area contributed by atoms with Crippen molar-refractivity contribution in [3.05, 3.63) is 41.4 Å². The van der Waals surface area contributed by atoms with Gasteiger partial charge in [-0.25, -0.2) is 0 Å². The molecule has 21 heavy (non-hydrogen) atoms. The quantitative estimate of drug-likeness (QED) is 0.862. The zero-order chi connectivity index (χ0) is 15.2. The normalized spacial score (nSPS) is 12.1. The Balaban J connectivity index is 2.01. The van der Waals surface area contributed by atoms with Crippen LogP contribution < -0.4 is 15.4 Å². The summed E-state index contributed by atoms with van der Waals surface area (Å²) in [5, 5.41) is 8.36. The Morgan fingerprint density at radius 1 is 1.24 bits per heavy atom. The summed E-state index contributed by atoms with van der Waals surface area (Å²) in [7, 11) is 1.85. The second-order valence-electron chi connectivity index (χ2n) is 4.87. The van der Waals surface area contributed by atoms with Crippen LogP contribution in [-0.2, 0) is 4.79 Å². The number of likely N-dealkylation sites (N-methyl/N-ethyl adjacent to an activating group) is 1. The summed E-state index contributed by atoms with van der Waals surface area (Å²) in [6.07, 6.45) is 0. The molecule has 1 amide bonds. The number of amides is 1. The molecule has 2 rings (SSSR count). The number of rotatable bonds is 6. The highest BCUT2D eigenvalue weighted by Gasteiger charge is 2.08. The van der Waals surface area contributed by atoms with Crippen molar-refractivity contribution in [1.29, 1.82) is 0 Å². The standard InChI is InChI=1S/C16H19ClN2O2/c1-11(18-2)9-19-16(20)10-21-15-8-7-14(17)12-5-3-4-6-13(12)15/h3-8,11,18H,9-10H2,1-2H3,(H,19,20). The molecule has 5 heteroatoms. The van der Waals surface area contributed by atoms with E-state index < -0.39 is 0 Å². The van der Waals surface area contributed by atoms with Crippen LogP contribution in [0.15, 0.2) is 36.4 Å². The second kappa shape index (κ2) is 7.29. The Labute approximate surface area is 129 Å². The van der Waals surface area contributed by atoms with Gasteiger partial charge in [0, 0.05) is 28.4 Å². The first kappa shape index (κ1) is 15.6. The number of carbonyl (C=O) groups is 1. The van der Waals surface area contributed by atoms with Crippen molar-refractivity contribution >= 4 is 28.3 Å². The molecule has 1 atom stereocenters. The Morgan fingerprint density at radius 3 is 2.67 bits per heavy atom. The molecule has 0 radical (unpaired) electrons. The van der Waals surface area contributed by atoms with Crippen LogP contribution in [0.1, 0.15) is 6.92 Å². The van der Waals surface area contributed by atoms with Gasteiger partial charge in [0.25, 0.3) is 5.91 Å². The Hall–Kier alpha value is -1.78. The lowest BCUT2D eigenvalue weighted by Gasteiger charge is -2.13. The van der Waals surface area contributed by atoms with Gasteiger partial charge >= 0.3 is 0 Å². The molecule has 0 aliphatic carbocycles. The van der Waals surface area contributed by atoms with Crippen molar-refractivity contribution in [3.8, 4) is 5.75 Å². The summed E-state index contributed by atoms with van der Waals surface area (Å²) < 4.78 is 5.61. The third-order valence-corrected chi connectivity index (χ3v) is 3.62. The fourth-order valence-corrected chi connectivity index (χ4v) is 2.15. The van der Waals surface area contributed by atoms with Crippen LogP contribution in [0.3, 0.4) is 0 Å². The number of benzene rings is 2. The van der Waals surface area contributed by atoms with E-state index >= 15 is 0 Å². The maximum Gasteiger partial charge on any atom is 0.257 e. The van der Waals surface area contributed by atoms with Crippen molar-refractivity contribution in [1.82, 2.24) is 10.6 Å². The van der Waals surface area contributed by atoms with Gasteiger partial charge in [0.15, 0.2) is 6.61 Å². The molecular formula is C16H19ClN2O2. The molecule has 0 aliphatic rings. The zero-order valence-electron chi connectivity index (χ0n) is 12.2. The monoisotopic (exact) mass is 306 g/mol. The molecule has 0 saturated heterocycles. The van der Waals surface area contributed by atoms with Crippen molar-refractivity contribution in [3.63, 3.8) is 0 Å². The average Bonchev–Trinajstić information content (AvgIpc) is 2.52. The van der Waals surface area contributed by atoms with Crippen LogP contribution in [0.4, 0.5) is 0 Å². The van der Waals surface area contributed by atoms with Crippen LogP contribution in [-0.4, -0.2) is 32.1 Å². The smallest absolute Gasteiger partial charge is 0.257 e. The summed E-state index contributed by atoms with van der Waals surface area (Å²) in [4.78, 5) is 11.7. The molecule has 0 saturated carbocycles. The highest BCUT2D eigenvalue weighted by molar-refractivity contribution is 6.35. The van der Waals surface area contributed by atoms with Crippen LogP contribution in [0, 0.1) is 0 Å². The van der Waals surface area contributed by atoms with E-state index in [-0.39, 0.29) is 18.6 Å². The number of carbonyl (C=O) groups excluding carboxylic acids is 1. The number of fused-ring (bicyclic) bond motifs is 1. The summed E-state index contributed by atoms with van der Waals surface area (Å²) >= 11 is 6.15. The fourth-order valence-electron chi connectivity index (χ4n) is 1.92. The molecule has 0 spiro atoms. The van der Waals surface area contributed by atoms with E-state index in [9.17, 15) is 4.79 Å². The lowest BCUT2D eigenvalue weighted by atomic mass is 10.1. The second-order valence-corrected chi connectivity index (χ2v) is 5.28. The molecule has 4 nitrogen and oxygen atoms in total. The molecule has 0 aromatic heterocycles. The van der Waals surface area contributed by atoms with E-state index in [4.69, 9.17) is 16.3 Å². The molecule has 112 valence electrons. The van der Waals surface area contributed by atoms with Gasteiger partial charge in [-0.3, -0.25) is 4.79 Å². The predicted octanol–water partition coefficient (Wildman–Crippen LogP) is 2.60. The van der Waals surface area contributed by atoms with Gasteiger partial charge in [-0.1, -0.05) is 35.9 Å². The molecule has 0 bridgehead atoms. The van der Waals surface area contributed by atoms with E-state index in [1.54, 1.807) is 12.1 Å². The molecule has 0 aliphatic heterocycles. The highest BCUT2D eigenvalue weighted by atomic mass is 35.5. The van der Waals surface area contributed by atoms with E-state index in [0.717, 1.165) is 10.8 Å². The summed E-state index contributed by atoms with van der Waals surface area (Å²) in [6.45, 7) is 2.55. The summed E-state index contributed by atoms with van der Waals surface area (Å²) in [5.74, 6) is 0.517. The van der Waals surface area contributed by atoms with Gasteiger partial charge in [-0.2, -0.15) is 0 Å². The summed E-state index contributed by atoms with van der Waals surface area (Å²) in [5.41, 5.74) is 0. The Kier molecular flexibility index (Phi) is 5.42. The first-order valence-electron chi connectivity index (χ1n) is 6.86. The predicted molar refractivity (Wildman–Crippen MR) is 86.0 cm³/mol. The van der Waals surface area contributed by atoms with Gasteiger partial charge in [0.1, 0.15) is 5.75 Å². The number of hydrogen-bond donors (Lipinski definition) is 2. The number of hydrogen-bond acceptors (Lipinski definition) is 3. The van der Waals surface area contributed by atoms with Crippen molar-refractivity contribution < 1.29 is 9.53 Å². The van der Waals surface area contributed by atoms with Gasteiger partial charge in [-0.15, -0.1) is 0 Å². The molecular weight excluding hydrogens is 288 g/mol. The van der Waals surface area contributed by atoms with E-state index in [1.807, 2.05) is 38.2 Å². The lowest BCUT2D eigenvalue weighted by molar-refractivity contribution is -0.123. The minimum atomic E-state index is -0.142. The van der Waals surface area contributed by atoms with Gasteiger partial charge < -0.3 is 15.4 Å². The Morgan fingerprint density at radius 2 is 1.95 bits per heavy atom. The third kappa shape index (κ3) is 4.09. The van der Waals surface area contributed by atoms with Gasteiger partial charge in [0.05, 0.1) is 0 Å². The minimum absolute atomic E-state index is 0.0118. The molecule has 0 fully saturated rings. The fraction of sp³-hybridized carbons (Fsp3) is 0.312. The minimum Gasteiger partial charge on any atom is -0.483 e. The first-order chi connectivity index (χ1) is 10.1. The maximum absolute atomic E-state index is 11.7. The van der Waals surface area contributed by atoms with Gasteiger partial charge in [-0.05, 0) is 26.1 Å². The SMILES string of the molecule is CNC(C)CNC(=O)COc1ccc(Cl)c2ccccc12. The van der Waals surface area contributed by atoms with Crippen molar-refractivity contribution in [2.24, 2.45) is 0 Å².